The van der Waals surface area contributed by atoms with Gasteiger partial charge in [-0.15, -0.1) is 11.3 Å². The molecule has 0 spiro atoms. The zero-order valence-corrected chi connectivity index (χ0v) is 12.4. The van der Waals surface area contributed by atoms with Gasteiger partial charge in [-0.2, -0.15) is 13.2 Å². The number of rotatable bonds is 3. The van der Waals surface area contributed by atoms with Crippen LogP contribution in [0.3, 0.4) is 0 Å². The summed E-state index contributed by atoms with van der Waals surface area (Å²) in [5.41, 5.74) is 4.41. The fourth-order valence-corrected chi connectivity index (χ4v) is 3.86. The van der Waals surface area contributed by atoms with Gasteiger partial charge in [-0.3, -0.25) is 0 Å². The highest BCUT2D eigenvalue weighted by molar-refractivity contribution is 7.90. The number of sulfone groups is 1. The fourth-order valence-electron chi connectivity index (χ4n) is 1.75. The maximum Gasteiger partial charge on any atom is 0.416 e. The van der Waals surface area contributed by atoms with E-state index in [0.717, 1.165) is 6.07 Å². The molecule has 9 heteroatoms. The van der Waals surface area contributed by atoms with Crippen molar-refractivity contribution < 1.29 is 21.6 Å². The van der Waals surface area contributed by atoms with Crippen LogP contribution in [0, 0.1) is 6.92 Å². The van der Waals surface area contributed by atoms with Crippen LogP contribution >= 0.6 is 11.3 Å². The third-order valence-electron chi connectivity index (χ3n) is 2.68. The van der Waals surface area contributed by atoms with Gasteiger partial charge in [0, 0.05) is 5.38 Å². The van der Waals surface area contributed by atoms with E-state index in [1.165, 1.54) is 11.3 Å². The summed E-state index contributed by atoms with van der Waals surface area (Å²) in [4.78, 5) is 3.71. The lowest BCUT2D eigenvalue weighted by molar-refractivity contribution is -0.137. The molecule has 2 N–H and O–H groups in total. The molecule has 0 aliphatic carbocycles. The summed E-state index contributed by atoms with van der Waals surface area (Å²) in [5.74, 6) is -0.396. The Hall–Kier alpha value is -1.61. The second-order valence-corrected chi connectivity index (χ2v) is 7.39. The summed E-state index contributed by atoms with van der Waals surface area (Å²) in [6.45, 7) is 1.73. The number of aryl methyl sites for hydroxylation is 1. The molecule has 0 bridgehead atoms. The summed E-state index contributed by atoms with van der Waals surface area (Å²) in [7, 11) is -3.84. The minimum absolute atomic E-state index is 0.318. The summed E-state index contributed by atoms with van der Waals surface area (Å²) < 4.78 is 62.0. The molecule has 0 saturated carbocycles. The second-order valence-electron chi connectivity index (χ2n) is 4.37. The minimum Gasteiger partial charge on any atom is -0.398 e. The van der Waals surface area contributed by atoms with Crippen molar-refractivity contribution in [2.75, 3.05) is 5.73 Å². The minimum atomic E-state index is -4.57. The molecule has 0 saturated heterocycles. The Morgan fingerprint density at radius 1 is 1.33 bits per heavy atom. The van der Waals surface area contributed by atoms with Crippen molar-refractivity contribution >= 4 is 26.9 Å². The predicted octanol–water partition coefficient (Wildman–Crippen LogP) is 3.03. The van der Waals surface area contributed by atoms with Crippen molar-refractivity contribution in [1.82, 2.24) is 4.98 Å². The van der Waals surface area contributed by atoms with Crippen molar-refractivity contribution in [2.24, 2.45) is 0 Å². The Morgan fingerprint density at radius 3 is 2.48 bits per heavy atom. The van der Waals surface area contributed by atoms with E-state index in [9.17, 15) is 21.6 Å². The highest BCUT2D eigenvalue weighted by Gasteiger charge is 2.32. The van der Waals surface area contributed by atoms with Crippen molar-refractivity contribution in [3.63, 3.8) is 0 Å². The Balaban J connectivity index is 2.37. The SMILES string of the molecule is Cc1nc(CS(=O)(=O)c2ccc(C(F)(F)F)cc2N)cs1. The van der Waals surface area contributed by atoms with Crippen LogP contribution in [0.1, 0.15) is 16.3 Å². The predicted molar refractivity (Wildman–Crippen MR) is 73.6 cm³/mol. The molecule has 2 aromatic rings. The normalized spacial score (nSPS) is 12.6. The van der Waals surface area contributed by atoms with E-state index >= 15 is 0 Å². The Bertz CT molecular complexity index is 767. The van der Waals surface area contributed by atoms with Gasteiger partial charge in [0.2, 0.25) is 0 Å². The Kier molecular flexibility index (Phi) is 3.98. The van der Waals surface area contributed by atoms with Crippen LogP contribution in [0.5, 0.6) is 0 Å². The largest absolute Gasteiger partial charge is 0.416 e. The van der Waals surface area contributed by atoms with Crippen LogP contribution in [0.4, 0.5) is 18.9 Å². The lowest BCUT2D eigenvalue weighted by Gasteiger charge is -2.11. The van der Waals surface area contributed by atoms with Crippen molar-refractivity contribution in [2.45, 2.75) is 23.7 Å². The number of thiazole rings is 1. The van der Waals surface area contributed by atoms with Gasteiger partial charge in [0.25, 0.3) is 0 Å². The number of alkyl halides is 3. The highest BCUT2D eigenvalue weighted by Crippen LogP contribution is 2.33. The molecular weight excluding hydrogens is 325 g/mol. The number of nitrogens with two attached hydrogens (primary N) is 1. The van der Waals surface area contributed by atoms with Crippen molar-refractivity contribution in [1.29, 1.82) is 0 Å². The van der Waals surface area contributed by atoms with Crippen LogP contribution in [0.25, 0.3) is 0 Å². The second kappa shape index (κ2) is 5.30. The van der Waals surface area contributed by atoms with Gasteiger partial charge in [-0.05, 0) is 25.1 Å². The van der Waals surface area contributed by atoms with Crippen LogP contribution in [-0.2, 0) is 21.8 Å². The quantitative estimate of drug-likeness (QED) is 0.875. The first-order chi connectivity index (χ1) is 9.59. The highest BCUT2D eigenvalue weighted by atomic mass is 32.2. The van der Waals surface area contributed by atoms with Crippen molar-refractivity contribution in [3.8, 4) is 0 Å². The maximum absolute atomic E-state index is 12.5. The topological polar surface area (TPSA) is 73.0 Å². The van der Waals surface area contributed by atoms with Crippen LogP contribution < -0.4 is 5.73 Å². The summed E-state index contributed by atoms with van der Waals surface area (Å²) in [6.07, 6.45) is -4.57. The van der Waals surface area contributed by atoms with E-state index in [4.69, 9.17) is 5.73 Å². The number of hydrogen-bond donors (Lipinski definition) is 1. The van der Waals surface area contributed by atoms with Gasteiger partial charge in [0.05, 0.1) is 32.6 Å². The smallest absolute Gasteiger partial charge is 0.398 e. The van der Waals surface area contributed by atoms with Gasteiger partial charge >= 0.3 is 6.18 Å². The number of aromatic nitrogens is 1. The first-order valence-electron chi connectivity index (χ1n) is 5.70. The summed E-state index contributed by atoms with van der Waals surface area (Å²) in [5, 5.41) is 2.30. The Morgan fingerprint density at radius 2 is 2.00 bits per heavy atom. The average Bonchev–Trinajstić information content (AvgIpc) is 2.72. The Labute approximate surface area is 123 Å². The van der Waals surface area contributed by atoms with Gasteiger partial charge in [0.15, 0.2) is 9.84 Å². The van der Waals surface area contributed by atoms with Gasteiger partial charge in [-0.1, -0.05) is 0 Å². The van der Waals surface area contributed by atoms with Crippen LogP contribution in [0.2, 0.25) is 0 Å². The molecule has 114 valence electrons. The summed E-state index contributed by atoms with van der Waals surface area (Å²) in [6, 6.07) is 2.21. The molecule has 1 aromatic carbocycles. The first-order valence-corrected chi connectivity index (χ1v) is 8.23. The number of anilines is 1. The molecule has 21 heavy (non-hydrogen) atoms. The van der Waals surface area contributed by atoms with E-state index < -0.39 is 33.0 Å². The van der Waals surface area contributed by atoms with Crippen LogP contribution in [0.15, 0.2) is 28.5 Å². The van der Waals surface area contributed by atoms with E-state index in [0.29, 0.717) is 22.8 Å². The van der Waals surface area contributed by atoms with Gasteiger partial charge in [0.1, 0.15) is 0 Å². The lowest BCUT2D eigenvalue weighted by Crippen LogP contribution is -2.11. The number of halogens is 3. The molecular formula is C12H11F3N2O2S2. The fraction of sp³-hybridized carbons (Fsp3) is 0.250. The molecule has 2 rings (SSSR count). The number of nitrogen functional groups attached to an aromatic ring is 1. The van der Waals surface area contributed by atoms with E-state index in [-0.39, 0.29) is 4.90 Å². The zero-order valence-electron chi connectivity index (χ0n) is 10.8. The molecule has 0 radical (unpaired) electrons. The molecule has 0 aliphatic rings. The third kappa shape index (κ3) is 3.53. The molecule has 0 fully saturated rings. The average molecular weight is 336 g/mol. The van der Waals surface area contributed by atoms with E-state index in [2.05, 4.69) is 4.98 Å². The lowest BCUT2D eigenvalue weighted by atomic mass is 10.2. The van der Waals surface area contributed by atoms with Gasteiger partial charge < -0.3 is 5.73 Å². The van der Waals surface area contributed by atoms with Crippen LogP contribution in [-0.4, -0.2) is 13.4 Å². The standard InChI is InChI=1S/C12H11F3N2O2S2/c1-7-17-9(5-20-7)6-21(18,19)11-3-2-8(4-10(11)16)12(13,14)15/h2-5H,6,16H2,1H3. The zero-order chi connectivity index (χ0) is 15.8. The maximum atomic E-state index is 12.5. The van der Waals surface area contributed by atoms with E-state index in [1.54, 1.807) is 12.3 Å². The monoisotopic (exact) mass is 336 g/mol. The molecule has 0 amide bonds. The number of nitrogens with zero attached hydrogens (tertiary/aromatic N) is 1. The molecule has 0 unspecified atom stereocenters. The first kappa shape index (κ1) is 15.8. The molecule has 1 aromatic heterocycles. The molecule has 1 heterocycles. The summed E-state index contributed by atoms with van der Waals surface area (Å²) >= 11 is 1.29. The van der Waals surface area contributed by atoms with E-state index in [1.807, 2.05) is 0 Å². The number of hydrogen-bond acceptors (Lipinski definition) is 5. The molecule has 4 nitrogen and oxygen atoms in total. The molecule has 0 aliphatic heterocycles. The molecule has 0 atom stereocenters. The van der Waals surface area contributed by atoms with Crippen molar-refractivity contribution in [3.05, 3.63) is 39.8 Å². The number of benzene rings is 1. The van der Waals surface area contributed by atoms with Gasteiger partial charge in [-0.25, -0.2) is 13.4 Å². The third-order valence-corrected chi connectivity index (χ3v) is 5.22.